The quantitative estimate of drug-likeness (QED) is 0.387. The van der Waals surface area contributed by atoms with Crippen LogP contribution in [0.3, 0.4) is 0 Å². The Hall–Kier alpha value is -3.89. The molecule has 0 saturated heterocycles. The minimum atomic E-state index is -0.489. The van der Waals surface area contributed by atoms with Crippen molar-refractivity contribution >= 4 is 23.6 Å². The van der Waals surface area contributed by atoms with Crippen LogP contribution < -0.4 is 11.0 Å². The molecule has 0 saturated carbocycles. The fraction of sp³-hybridized carbons (Fsp3) is 0.235. The fourth-order valence-corrected chi connectivity index (χ4v) is 3.27. The molecule has 2 aromatic heterocycles. The number of fused-ring (bicyclic) bond motifs is 2. The van der Waals surface area contributed by atoms with Crippen LogP contribution in [0.15, 0.2) is 40.5 Å². The smallest absolute Gasteiger partial charge is 0.279 e. The molecule has 0 unspecified atom stereocenters. The number of hydrazone groups is 1. The Morgan fingerprint density at radius 1 is 1.32 bits per heavy atom. The number of nitrogens with one attached hydrogen (secondary N) is 1. The van der Waals surface area contributed by atoms with Crippen LogP contribution in [-0.4, -0.2) is 36.2 Å². The van der Waals surface area contributed by atoms with Gasteiger partial charge in [-0.3, -0.25) is 19.7 Å². The van der Waals surface area contributed by atoms with Crippen molar-refractivity contribution in [3.63, 3.8) is 0 Å². The fourth-order valence-electron chi connectivity index (χ4n) is 3.27. The second-order valence-electron chi connectivity index (χ2n) is 6.28. The number of aromatic nitrogens is 4. The van der Waals surface area contributed by atoms with Gasteiger partial charge in [0.2, 0.25) is 5.78 Å². The van der Waals surface area contributed by atoms with E-state index < -0.39 is 4.92 Å². The van der Waals surface area contributed by atoms with Gasteiger partial charge >= 0.3 is 0 Å². The largest absolute Gasteiger partial charge is 0.304 e. The average Bonchev–Trinajstić information content (AvgIpc) is 3.35. The molecule has 0 aliphatic heterocycles. The van der Waals surface area contributed by atoms with E-state index in [4.69, 9.17) is 0 Å². The van der Waals surface area contributed by atoms with Gasteiger partial charge in [0.25, 0.3) is 17.2 Å². The second kappa shape index (κ2) is 7.02. The maximum atomic E-state index is 12.4. The molecule has 0 bridgehead atoms. The van der Waals surface area contributed by atoms with Gasteiger partial charge in [-0.25, -0.2) is 5.43 Å². The molecule has 11 heteroatoms. The Morgan fingerprint density at radius 3 is 2.86 bits per heavy atom. The Balaban J connectivity index is 1.50. The number of rotatable bonds is 5. The van der Waals surface area contributed by atoms with Gasteiger partial charge in [0.15, 0.2) is 0 Å². The van der Waals surface area contributed by atoms with E-state index in [9.17, 15) is 19.7 Å². The van der Waals surface area contributed by atoms with Gasteiger partial charge in [-0.15, -0.1) is 0 Å². The molecule has 2 heterocycles. The first-order chi connectivity index (χ1) is 13.5. The van der Waals surface area contributed by atoms with E-state index in [1.165, 1.54) is 41.3 Å². The zero-order valence-electron chi connectivity index (χ0n) is 14.6. The van der Waals surface area contributed by atoms with Crippen LogP contribution in [0.1, 0.15) is 23.2 Å². The van der Waals surface area contributed by atoms with Crippen molar-refractivity contribution in [3.05, 3.63) is 67.9 Å². The zero-order valence-corrected chi connectivity index (χ0v) is 14.6. The zero-order chi connectivity index (χ0) is 19.7. The minimum absolute atomic E-state index is 0.0226. The number of carbonyl (C=O) groups excluding carboxylic acids is 1. The number of nitro groups is 1. The molecule has 4 rings (SSSR count). The lowest BCUT2D eigenvalue weighted by atomic mass is 10.2. The molecule has 3 aromatic rings. The predicted octanol–water partition coefficient (Wildman–Crippen LogP) is 0.438. The predicted molar refractivity (Wildman–Crippen MR) is 98.1 cm³/mol. The van der Waals surface area contributed by atoms with Gasteiger partial charge in [0, 0.05) is 23.4 Å². The molecular weight excluding hydrogens is 366 g/mol. The summed E-state index contributed by atoms with van der Waals surface area (Å²) in [7, 11) is 0. The number of non-ortho nitro benzene ring substituents is 1. The van der Waals surface area contributed by atoms with Gasteiger partial charge < -0.3 is 4.57 Å². The number of benzene rings is 1. The SMILES string of the molecule is O=C(Cn1c2c(c(=O)n3ncnc13)CCC2)N/N=C\c1ccc([N+](=O)[O-])cc1. The van der Waals surface area contributed by atoms with Crippen LogP contribution >= 0.6 is 0 Å². The van der Waals surface area contributed by atoms with Gasteiger partial charge in [-0.05, 0) is 37.0 Å². The average molecular weight is 381 g/mol. The van der Waals surface area contributed by atoms with E-state index in [1.54, 1.807) is 4.57 Å². The maximum Gasteiger partial charge on any atom is 0.279 e. The van der Waals surface area contributed by atoms with Crippen LogP contribution in [0.25, 0.3) is 5.78 Å². The highest BCUT2D eigenvalue weighted by molar-refractivity contribution is 5.82. The van der Waals surface area contributed by atoms with Crippen molar-refractivity contribution in [2.24, 2.45) is 5.10 Å². The first kappa shape index (κ1) is 17.5. The molecule has 1 aliphatic rings. The van der Waals surface area contributed by atoms with Crippen LogP contribution in [0.4, 0.5) is 5.69 Å². The highest BCUT2D eigenvalue weighted by Gasteiger charge is 2.23. The molecule has 142 valence electrons. The molecule has 1 aromatic carbocycles. The number of nitrogens with zero attached hydrogens (tertiary/aromatic N) is 6. The monoisotopic (exact) mass is 381 g/mol. The number of carbonyl (C=O) groups is 1. The third-order valence-corrected chi connectivity index (χ3v) is 4.54. The lowest BCUT2D eigenvalue weighted by Gasteiger charge is -2.12. The molecule has 0 spiro atoms. The van der Waals surface area contributed by atoms with Gasteiger partial charge in [-0.1, -0.05) is 0 Å². The molecule has 1 N–H and O–H groups in total. The third kappa shape index (κ3) is 3.13. The summed E-state index contributed by atoms with van der Waals surface area (Å²) in [6, 6.07) is 5.77. The van der Waals surface area contributed by atoms with Gasteiger partial charge in [0.1, 0.15) is 12.9 Å². The van der Waals surface area contributed by atoms with Crippen LogP contribution in [0.5, 0.6) is 0 Å². The second-order valence-corrected chi connectivity index (χ2v) is 6.28. The summed E-state index contributed by atoms with van der Waals surface area (Å²) in [6.45, 7) is -0.0532. The number of nitro benzene ring substituents is 1. The lowest BCUT2D eigenvalue weighted by Crippen LogP contribution is -2.30. The van der Waals surface area contributed by atoms with E-state index >= 15 is 0 Å². The van der Waals surface area contributed by atoms with E-state index in [1.807, 2.05) is 0 Å². The molecule has 1 aliphatic carbocycles. The molecule has 0 radical (unpaired) electrons. The molecule has 28 heavy (non-hydrogen) atoms. The summed E-state index contributed by atoms with van der Waals surface area (Å²) in [5, 5.41) is 18.5. The summed E-state index contributed by atoms with van der Waals surface area (Å²) >= 11 is 0. The summed E-state index contributed by atoms with van der Waals surface area (Å²) in [5.74, 6) is -0.0686. The molecule has 0 atom stereocenters. The normalized spacial score (nSPS) is 13.1. The van der Waals surface area contributed by atoms with E-state index in [0.29, 0.717) is 29.7 Å². The summed E-state index contributed by atoms with van der Waals surface area (Å²) in [4.78, 5) is 39.0. The Morgan fingerprint density at radius 2 is 2.11 bits per heavy atom. The highest BCUT2D eigenvalue weighted by atomic mass is 16.6. The lowest BCUT2D eigenvalue weighted by molar-refractivity contribution is -0.384. The molecule has 11 nitrogen and oxygen atoms in total. The van der Waals surface area contributed by atoms with Crippen LogP contribution in [-0.2, 0) is 24.2 Å². The van der Waals surface area contributed by atoms with E-state index in [-0.39, 0.29) is 23.7 Å². The van der Waals surface area contributed by atoms with Gasteiger partial charge in [-0.2, -0.15) is 19.7 Å². The van der Waals surface area contributed by atoms with Crippen molar-refractivity contribution in [1.29, 1.82) is 0 Å². The third-order valence-electron chi connectivity index (χ3n) is 4.54. The number of hydrogen-bond donors (Lipinski definition) is 1. The highest BCUT2D eigenvalue weighted by Crippen LogP contribution is 2.20. The maximum absolute atomic E-state index is 12.4. The Kier molecular flexibility index (Phi) is 4.39. The van der Waals surface area contributed by atoms with E-state index in [0.717, 1.165) is 12.1 Å². The first-order valence-electron chi connectivity index (χ1n) is 8.55. The van der Waals surface area contributed by atoms with Crippen molar-refractivity contribution in [2.45, 2.75) is 25.8 Å². The minimum Gasteiger partial charge on any atom is -0.304 e. The number of hydrogen-bond acceptors (Lipinski definition) is 7. The topological polar surface area (TPSA) is 137 Å². The van der Waals surface area contributed by atoms with E-state index in [2.05, 4.69) is 20.6 Å². The summed E-state index contributed by atoms with van der Waals surface area (Å²) in [6.07, 6.45) is 4.88. The standard InChI is InChI=1S/C17H15N7O4/c25-15(21-19-8-11-4-6-12(7-5-11)24(27)28)9-22-14-3-1-2-13(14)16(26)23-17(22)18-10-20-23/h4-8,10H,1-3,9H2,(H,21,25)/b19-8-. The molecule has 1 amide bonds. The number of amides is 1. The molecule has 0 fully saturated rings. The first-order valence-corrected chi connectivity index (χ1v) is 8.55. The van der Waals surface area contributed by atoms with Crippen molar-refractivity contribution < 1.29 is 9.72 Å². The van der Waals surface area contributed by atoms with Crippen molar-refractivity contribution in [2.75, 3.05) is 0 Å². The summed E-state index contributed by atoms with van der Waals surface area (Å²) < 4.78 is 2.89. The Bertz CT molecular complexity index is 1160. The van der Waals surface area contributed by atoms with Gasteiger partial charge in [0.05, 0.1) is 11.1 Å². The van der Waals surface area contributed by atoms with Crippen LogP contribution in [0.2, 0.25) is 0 Å². The summed E-state index contributed by atoms with van der Waals surface area (Å²) in [5.41, 5.74) is 4.29. The Labute approximate surface area is 157 Å². The van der Waals surface area contributed by atoms with Crippen molar-refractivity contribution in [3.8, 4) is 0 Å². The molecular formula is C17H15N7O4. The van der Waals surface area contributed by atoms with Crippen molar-refractivity contribution in [1.82, 2.24) is 24.6 Å². The van der Waals surface area contributed by atoms with Crippen LogP contribution in [0, 0.1) is 10.1 Å².